The van der Waals surface area contributed by atoms with Gasteiger partial charge in [0.2, 0.25) is 11.8 Å². The number of carbonyl (C=O) groups is 2. The molecule has 2 aromatic rings. The molecule has 0 spiro atoms. The van der Waals surface area contributed by atoms with Crippen molar-refractivity contribution in [3.05, 3.63) is 65.7 Å². The van der Waals surface area contributed by atoms with Crippen LogP contribution in [0.25, 0.3) is 0 Å². The quantitative estimate of drug-likeness (QED) is 0.745. The number of carbonyl (C=O) groups excluding carboxylic acids is 2. The molecule has 1 fully saturated rings. The molecule has 0 bridgehead atoms. The van der Waals surface area contributed by atoms with Gasteiger partial charge in [0, 0.05) is 13.0 Å². The monoisotopic (exact) mass is 368 g/mol. The molecular formula is C21H24N2O4. The molecule has 3 rings (SSSR count). The molecule has 6 heteroatoms. The molecule has 1 heterocycles. The zero-order valence-electron chi connectivity index (χ0n) is 15.1. The van der Waals surface area contributed by atoms with Crippen LogP contribution in [0.2, 0.25) is 0 Å². The molecular weight excluding hydrogens is 344 g/mol. The zero-order chi connectivity index (χ0) is 19.1. The lowest BCUT2D eigenvalue weighted by molar-refractivity contribution is -0.133. The Labute approximate surface area is 158 Å². The van der Waals surface area contributed by atoms with E-state index in [1.165, 1.54) is 0 Å². The predicted molar refractivity (Wildman–Crippen MR) is 101 cm³/mol. The summed E-state index contributed by atoms with van der Waals surface area (Å²) in [7, 11) is 0. The topological polar surface area (TPSA) is 90.7 Å². The van der Waals surface area contributed by atoms with E-state index in [1.807, 2.05) is 54.6 Å². The minimum Gasteiger partial charge on any atom is -0.489 e. The van der Waals surface area contributed by atoms with Crippen molar-refractivity contribution in [3.8, 4) is 5.75 Å². The van der Waals surface area contributed by atoms with Crippen molar-refractivity contribution in [2.45, 2.75) is 38.0 Å². The number of benzene rings is 2. The molecule has 27 heavy (non-hydrogen) atoms. The van der Waals surface area contributed by atoms with Crippen molar-refractivity contribution in [3.63, 3.8) is 0 Å². The third kappa shape index (κ3) is 5.56. The van der Waals surface area contributed by atoms with Crippen LogP contribution >= 0.6 is 0 Å². The highest BCUT2D eigenvalue weighted by atomic mass is 16.5. The Morgan fingerprint density at radius 1 is 1.11 bits per heavy atom. The van der Waals surface area contributed by atoms with Crippen molar-refractivity contribution in [1.82, 2.24) is 5.32 Å². The molecule has 0 radical (unpaired) electrons. The average molecular weight is 368 g/mol. The first-order valence-electron chi connectivity index (χ1n) is 9.09. The van der Waals surface area contributed by atoms with Gasteiger partial charge in [-0.25, -0.2) is 0 Å². The maximum atomic E-state index is 12.2. The Kier molecular flexibility index (Phi) is 6.44. The predicted octanol–water partition coefficient (Wildman–Crippen LogP) is 1.96. The number of nitrogens with one attached hydrogen (secondary N) is 1. The van der Waals surface area contributed by atoms with Crippen molar-refractivity contribution >= 4 is 11.8 Å². The molecule has 3 N–H and O–H groups in total. The Morgan fingerprint density at radius 3 is 2.48 bits per heavy atom. The van der Waals surface area contributed by atoms with Gasteiger partial charge in [0.05, 0.1) is 0 Å². The normalized spacial score (nSPS) is 17.3. The van der Waals surface area contributed by atoms with E-state index in [0.717, 1.165) is 23.3 Å². The number of primary amides is 1. The Balaban J connectivity index is 1.54. The summed E-state index contributed by atoms with van der Waals surface area (Å²) in [4.78, 5) is 23.9. The second-order valence-electron chi connectivity index (χ2n) is 6.59. The van der Waals surface area contributed by atoms with Crippen LogP contribution in [0.1, 0.15) is 24.0 Å². The largest absolute Gasteiger partial charge is 0.489 e. The SMILES string of the molecule is NC(=O)[C@H](Cc1ccc(OCc2ccccc2)cc1)NC(=O)[C@H]1CCCO1. The third-order valence-corrected chi connectivity index (χ3v) is 4.49. The minimum absolute atomic E-state index is 0.279. The molecule has 0 aromatic heterocycles. The molecule has 0 unspecified atom stereocenters. The summed E-state index contributed by atoms with van der Waals surface area (Å²) in [5, 5.41) is 2.70. The van der Waals surface area contributed by atoms with Crippen LogP contribution in [0.15, 0.2) is 54.6 Å². The van der Waals surface area contributed by atoms with Gasteiger partial charge in [-0.1, -0.05) is 42.5 Å². The summed E-state index contributed by atoms with van der Waals surface area (Å²) in [5.41, 5.74) is 7.43. The fraction of sp³-hybridized carbons (Fsp3) is 0.333. The number of hydrogen-bond donors (Lipinski definition) is 2. The number of rotatable bonds is 8. The van der Waals surface area contributed by atoms with Crippen molar-refractivity contribution < 1.29 is 19.1 Å². The van der Waals surface area contributed by atoms with Crippen molar-refractivity contribution in [2.24, 2.45) is 5.73 Å². The fourth-order valence-corrected chi connectivity index (χ4v) is 2.97. The minimum atomic E-state index is -0.766. The van der Waals surface area contributed by atoms with E-state index in [1.54, 1.807) is 0 Å². The van der Waals surface area contributed by atoms with Gasteiger partial charge >= 0.3 is 0 Å². The molecule has 1 aliphatic heterocycles. The maximum Gasteiger partial charge on any atom is 0.249 e. The number of ether oxygens (including phenoxy) is 2. The highest BCUT2D eigenvalue weighted by molar-refractivity contribution is 5.88. The zero-order valence-corrected chi connectivity index (χ0v) is 15.1. The maximum absolute atomic E-state index is 12.2. The van der Waals surface area contributed by atoms with Crippen molar-refractivity contribution in [1.29, 1.82) is 0 Å². The Bertz CT molecular complexity index is 756. The van der Waals surface area contributed by atoms with Gasteiger partial charge in [0.1, 0.15) is 24.5 Å². The summed E-state index contributed by atoms with van der Waals surface area (Å²) >= 11 is 0. The Hall–Kier alpha value is -2.86. The first kappa shape index (κ1) is 18.9. The van der Waals surface area contributed by atoms with E-state index in [9.17, 15) is 9.59 Å². The third-order valence-electron chi connectivity index (χ3n) is 4.49. The summed E-state index contributed by atoms with van der Waals surface area (Å²) in [6, 6.07) is 16.6. The Morgan fingerprint density at radius 2 is 1.85 bits per heavy atom. The molecule has 2 amide bonds. The second-order valence-corrected chi connectivity index (χ2v) is 6.59. The standard InChI is InChI=1S/C21H24N2O4/c22-20(24)18(23-21(25)19-7-4-12-26-19)13-15-8-10-17(11-9-15)27-14-16-5-2-1-3-6-16/h1-3,5-6,8-11,18-19H,4,7,12-14H2,(H2,22,24)(H,23,25)/t18-,19+/m0/s1. The number of hydrogen-bond acceptors (Lipinski definition) is 4. The van der Waals surface area contributed by atoms with Crippen LogP contribution in [0.3, 0.4) is 0 Å². The van der Waals surface area contributed by atoms with Crippen LogP contribution in [0.4, 0.5) is 0 Å². The lowest BCUT2D eigenvalue weighted by Crippen LogP contribution is -2.49. The van der Waals surface area contributed by atoms with Crippen LogP contribution in [-0.4, -0.2) is 30.6 Å². The molecule has 0 saturated carbocycles. The molecule has 1 aliphatic rings. The first-order valence-corrected chi connectivity index (χ1v) is 9.09. The van der Waals surface area contributed by atoms with E-state index in [-0.39, 0.29) is 5.91 Å². The van der Waals surface area contributed by atoms with Gasteiger partial charge in [0.15, 0.2) is 0 Å². The number of nitrogens with two attached hydrogens (primary N) is 1. The highest BCUT2D eigenvalue weighted by Crippen LogP contribution is 2.16. The van der Waals surface area contributed by atoms with Gasteiger partial charge in [-0.15, -0.1) is 0 Å². The molecule has 142 valence electrons. The van der Waals surface area contributed by atoms with E-state index in [4.69, 9.17) is 15.2 Å². The summed E-state index contributed by atoms with van der Waals surface area (Å²) < 4.78 is 11.1. The fourth-order valence-electron chi connectivity index (χ4n) is 2.97. The second kappa shape index (κ2) is 9.19. The van der Waals surface area contributed by atoms with Crippen LogP contribution in [-0.2, 0) is 27.4 Å². The molecule has 2 aromatic carbocycles. The average Bonchev–Trinajstić information content (AvgIpc) is 3.22. The number of amides is 2. The van der Waals surface area contributed by atoms with E-state index >= 15 is 0 Å². The summed E-state index contributed by atoms with van der Waals surface area (Å²) in [6.07, 6.45) is 1.36. The first-order chi connectivity index (χ1) is 13.1. The summed E-state index contributed by atoms with van der Waals surface area (Å²) in [5.74, 6) is -0.105. The van der Waals surface area contributed by atoms with Crippen molar-refractivity contribution in [2.75, 3.05) is 6.61 Å². The van der Waals surface area contributed by atoms with Crippen LogP contribution < -0.4 is 15.8 Å². The van der Waals surface area contributed by atoms with Gasteiger partial charge in [-0.05, 0) is 36.1 Å². The van der Waals surface area contributed by atoms with E-state index < -0.39 is 18.1 Å². The van der Waals surface area contributed by atoms with Gasteiger partial charge in [-0.2, -0.15) is 0 Å². The van der Waals surface area contributed by atoms with Crippen LogP contribution in [0, 0.1) is 0 Å². The lowest BCUT2D eigenvalue weighted by Gasteiger charge is -2.18. The molecule has 1 saturated heterocycles. The van der Waals surface area contributed by atoms with Gasteiger partial charge in [-0.3, -0.25) is 9.59 Å². The van der Waals surface area contributed by atoms with Gasteiger partial charge < -0.3 is 20.5 Å². The van der Waals surface area contributed by atoms with E-state index in [2.05, 4.69) is 5.32 Å². The van der Waals surface area contributed by atoms with E-state index in [0.29, 0.717) is 26.1 Å². The lowest BCUT2D eigenvalue weighted by atomic mass is 10.0. The highest BCUT2D eigenvalue weighted by Gasteiger charge is 2.27. The smallest absolute Gasteiger partial charge is 0.249 e. The molecule has 2 atom stereocenters. The molecule has 6 nitrogen and oxygen atoms in total. The van der Waals surface area contributed by atoms with Gasteiger partial charge in [0.25, 0.3) is 0 Å². The molecule has 0 aliphatic carbocycles. The van der Waals surface area contributed by atoms with Crippen LogP contribution in [0.5, 0.6) is 5.75 Å². The summed E-state index contributed by atoms with van der Waals surface area (Å²) in [6.45, 7) is 1.06.